The molecule has 0 spiro atoms. The van der Waals surface area contributed by atoms with Gasteiger partial charge >= 0.3 is 0 Å². The standard InChI is InChI=1S/C24H25N3O3/c1-16-13-23(29)25-20-9-5-6-10-21(20)27(16)24(30)15-26(2)14-19-18-8-4-3-7-17(18)11-12-22(19)28/h3-12,16,28H,13-15H2,1-2H3,(H,25,29)/t16-/m0/s1. The molecule has 0 unspecified atom stereocenters. The largest absolute Gasteiger partial charge is 0.508 e. The van der Waals surface area contributed by atoms with Crippen molar-refractivity contribution in [2.45, 2.75) is 25.9 Å². The first-order chi connectivity index (χ1) is 14.4. The summed E-state index contributed by atoms with van der Waals surface area (Å²) in [7, 11) is 1.86. The number of hydrogen-bond donors (Lipinski definition) is 2. The third-order valence-electron chi connectivity index (χ3n) is 5.48. The molecule has 2 N–H and O–H groups in total. The number of rotatable bonds is 4. The Labute approximate surface area is 175 Å². The van der Waals surface area contributed by atoms with E-state index in [-0.39, 0.29) is 36.6 Å². The number of carbonyl (C=O) groups is 2. The van der Waals surface area contributed by atoms with Crippen molar-refractivity contribution in [1.29, 1.82) is 0 Å². The molecule has 0 aromatic heterocycles. The van der Waals surface area contributed by atoms with Gasteiger partial charge in [-0.25, -0.2) is 0 Å². The Balaban J connectivity index is 1.57. The molecule has 1 aliphatic rings. The molecule has 0 radical (unpaired) electrons. The number of nitrogens with one attached hydrogen (secondary N) is 1. The summed E-state index contributed by atoms with van der Waals surface area (Å²) in [5.41, 5.74) is 2.15. The molecule has 0 fully saturated rings. The van der Waals surface area contributed by atoms with E-state index in [4.69, 9.17) is 0 Å². The lowest BCUT2D eigenvalue weighted by molar-refractivity contribution is -0.120. The molecule has 0 aliphatic carbocycles. The van der Waals surface area contributed by atoms with Crippen LogP contribution in [0.4, 0.5) is 11.4 Å². The number of fused-ring (bicyclic) bond motifs is 2. The molecule has 1 aliphatic heterocycles. The zero-order valence-corrected chi connectivity index (χ0v) is 17.1. The monoisotopic (exact) mass is 403 g/mol. The quantitative estimate of drug-likeness (QED) is 0.696. The molecule has 154 valence electrons. The van der Waals surface area contributed by atoms with Gasteiger partial charge in [0.1, 0.15) is 5.75 Å². The summed E-state index contributed by atoms with van der Waals surface area (Å²) in [5, 5.41) is 15.3. The van der Waals surface area contributed by atoms with Crippen molar-refractivity contribution in [2.24, 2.45) is 0 Å². The Morgan fingerprint density at radius 1 is 1.13 bits per heavy atom. The Morgan fingerprint density at radius 2 is 1.87 bits per heavy atom. The van der Waals surface area contributed by atoms with Gasteiger partial charge in [-0.05, 0) is 42.9 Å². The van der Waals surface area contributed by atoms with Crippen molar-refractivity contribution >= 4 is 34.0 Å². The second-order valence-corrected chi connectivity index (χ2v) is 7.84. The highest BCUT2D eigenvalue weighted by Gasteiger charge is 2.30. The number of benzene rings is 3. The van der Waals surface area contributed by atoms with E-state index in [9.17, 15) is 14.7 Å². The van der Waals surface area contributed by atoms with Crippen LogP contribution in [-0.2, 0) is 16.1 Å². The van der Waals surface area contributed by atoms with Gasteiger partial charge in [-0.3, -0.25) is 14.5 Å². The van der Waals surface area contributed by atoms with Gasteiger partial charge in [0.15, 0.2) is 0 Å². The van der Waals surface area contributed by atoms with Gasteiger partial charge in [-0.1, -0.05) is 42.5 Å². The fraction of sp³-hybridized carbons (Fsp3) is 0.250. The number of likely N-dealkylation sites (N-methyl/N-ethyl adjacent to an activating group) is 1. The number of phenolic OH excluding ortho intramolecular Hbond substituents is 1. The molecule has 30 heavy (non-hydrogen) atoms. The van der Waals surface area contributed by atoms with Gasteiger partial charge in [-0.2, -0.15) is 0 Å². The number of nitrogens with zero attached hydrogens (tertiary/aromatic N) is 2. The van der Waals surface area contributed by atoms with Crippen molar-refractivity contribution in [1.82, 2.24) is 4.90 Å². The third kappa shape index (κ3) is 3.86. The fourth-order valence-electron chi connectivity index (χ4n) is 4.09. The highest BCUT2D eigenvalue weighted by Crippen LogP contribution is 2.32. The minimum Gasteiger partial charge on any atom is -0.508 e. The normalized spacial score (nSPS) is 16.3. The van der Waals surface area contributed by atoms with Crippen molar-refractivity contribution in [3.8, 4) is 5.75 Å². The van der Waals surface area contributed by atoms with E-state index in [2.05, 4.69) is 5.32 Å². The number of anilines is 2. The number of carbonyl (C=O) groups excluding carboxylic acids is 2. The summed E-state index contributed by atoms with van der Waals surface area (Å²) in [6, 6.07) is 18.6. The van der Waals surface area contributed by atoms with Gasteiger partial charge in [-0.15, -0.1) is 0 Å². The molecule has 6 nitrogen and oxygen atoms in total. The molecule has 0 bridgehead atoms. The second-order valence-electron chi connectivity index (χ2n) is 7.84. The lowest BCUT2D eigenvalue weighted by Crippen LogP contribution is -2.44. The number of phenols is 1. The van der Waals surface area contributed by atoms with Gasteiger partial charge in [0, 0.05) is 24.6 Å². The zero-order chi connectivity index (χ0) is 21.3. The molecule has 3 aromatic rings. The molecule has 4 rings (SSSR count). The van der Waals surface area contributed by atoms with Crippen LogP contribution in [0.1, 0.15) is 18.9 Å². The zero-order valence-electron chi connectivity index (χ0n) is 17.1. The third-order valence-corrected chi connectivity index (χ3v) is 5.48. The maximum atomic E-state index is 13.3. The van der Waals surface area contributed by atoms with Crippen molar-refractivity contribution in [2.75, 3.05) is 23.8 Å². The summed E-state index contributed by atoms with van der Waals surface area (Å²) >= 11 is 0. The van der Waals surface area contributed by atoms with Crippen LogP contribution in [0.3, 0.4) is 0 Å². The maximum absolute atomic E-state index is 13.3. The molecular weight excluding hydrogens is 378 g/mol. The highest BCUT2D eigenvalue weighted by molar-refractivity contribution is 6.05. The summed E-state index contributed by atoms with van der Waals surface area (Å²) in [4.78, 5) is 29.0. The van der Waals surface area contributed by atoms with E-state index in [1.54, 1.807) is 11.0 Å². The van der Waals surface area contributed by atoms with Crippen LogP contribution in [-0.4, -0.2) is 41.5 Å². The Bertz CT molecular complexity index is 1110. The predicted octanol–water partition coefficient (Wildman–Crippen LogP) is 3.74. The van der Waals surface area contributed by atoms with Crippen LogP contribution in [0.5, 0.6) is 5.75 Å². The number of hydrogen-bond acceptors (Lipinski definition) is 4. The number of amides is 2. The van der Waals surface area contributed by atoms with E-state index in [1.807, 2.05) is 73.5 Å². The lowest BCUT2D eigenvalue weighted by Gasteiger charge is -2.30. The minimum atomic E-state index is -0.250. The van der Waals surface area contributed by atoms with Crippen LogP contribution in [0.15, 0.2) is 60.7 Å². The molecule has 3 aromatic carbocycles. The minimum absolute atomic E-state index is 0.0892. The fourth-order valence-corrected chi connectivity index (χ4v) is 4.09. The Hall–Kier alpha value is -3.38. The van der Waals surface area contributed by atoms with E-state index < -0.39 is 0 Å². The number of para-hydroxylation sites is 2. The first-order valence-corrected chi connectivity index (χ1v) is 10.0. The van der Waals surface area contributed by atoms with Crippen LogP contribution in [0.25, 0.3) is 10.8 Å². The topological polar surface area (TPSA) is 72.9 Å². The van der Waals surface area contributed by atoms with Gasteiger partial charge in [0.25, 0.3) is 0 Å². The summed E-state index contributed by atoms with van der Waals surface area (Å²) in [5.74, 6) is 0.0317. The van der Waals surface area contributed by atoms with Gasteiger partial charge in [0.05, 0.1) is 17.9 Å². The lowest BCUT2D eigenvalue weighted by atomic mass is 10.0. The van der Waals surface area contributed by atoms with Crippen LogP contribution < -0.4 is 10.2 Å². The highest BCUT2D eigenvalue weighted by atomic mass is 16.3. The summed E-state index contributed by atoms with van der Waals surface area (Å²) in [6.07, 6.45) is 0.244. The van der Waals surface area contributed by atoms with Crippen LogP contribution >= 0.6 is 0 Å². The smallest absolute Gasteiger partial charge is 0.241 e. The average Bonchev–Trinajstić information content (AvgIpc) is 2.84. The Kier molecular flexibility index (Phi) is 5.42. The molecule has 0 saturated carbocycles. The molecule has 6 heteroatoms. The SMILES string of the molecule is C[C@H]1CC(=O)Nc2ccccc2N1C(=O)CN(C)Cc1c(O)ccc2ccccc12. The van der Waals surface area contributed by atoms with E-state index in [0.717, 1.165) is 16.3 Å². The van der Waals surface area contributed by atoms with E-state index in [1.165, 1.54) is 0 Å². The Morgan fingerprint density at radius 3 is 2.70 bits per heavy atom. The van der Waals surface area contributed by atoms with E-state index >= 15 is 0 Å². The van der Waals surface area contributed by atoms with Crippen LogP contribution in [0, 0.1) is 0 Å². The summed E-state index contributed by atoms with van der Waals surface area (Å²) in [6.45, 7) is 2.48. The predicted molar refractivity (Wildman–Crippen MR) is 119 cm³/mol. The second kappa shape index (κ2) is 8.16. The first kappa shape index (κ1) is 19.9. The van der Waals surface area contributed by atoms with E-state index in [0.29, 0.717) is 17.9 Å². The molecule has 0 saturated heterocycles. The van der Waals surface area contributed by atoms with Crippen molar-refractivity contribution in [3.63, 3.8) is 0 Å². The number of aromatic hydroxyl groups is 1. The van der Waals surface area contributed by atoms with Gasteiger partial charge < -0.3 is 15.3 Å². The first-order valence-electron chi connectivity index (χ1n) is 10.0. The molecular formula is C24H25N3O3. The van der Waals surface area contributed by atoms with Crippen molar-refractivity contribution < 1.29 is 14.7 Å². The summed E-state index contributed by atoms with van der Waals surface area (Å²) < 4.78 is 0. The maximum Gasteiger partial charge on any atom is 0.241 e. The average molecular weight is 403 g/mol. The molecule has 1 atom stereocenters. The van der Waals surface area contributed by atoms with Crippen molar-refractivity contribution in [3.05, 3.63) is 66.2 Å². The molecule has 1 heterocycles. The molecule has 2 amide bonds. The van der Waals surface area contributed by atoms with Gasteiger partial charge in [0.2, 0.25) is 11.8 Å². The van der Waals surface area contributed by atoms with Crippen LogP contribution in [0.2, 0.25) is 0 Å².